The molecule has 0 aliphatic heterocycles. The number of hydrogen-bond donors (Lipinski definition) is 0. The fourth-order valence-electron chi connectivity index (χ4n) is 2.69. The Balaban J connectivity index is 0.000000250. The van der Waals surface area contributed by atoms with Crippen LogP contribution in [0.4, 0.5) is 0 Å². The van der Waals surface area contributed by atoms with Crippen LogP contribution in [-0.4, -0.2) is 14.8 Å². The Morgan fingerprint density at radius 1 is 0.731 bits per heavy atom. The van der Waals surface area contributed by atoms with Gasteiger partial charge in [0.15, 0.2) is 0 Å². The standard InChI is InChI=1S/C11H8N3.C9H7.2ClH.Zr/c1-2-4-10-6-11(5-9(10)3-1)14-7-12-13-8-14;1-2-5-9-7-3-6-8(9)4-1;;;/h1-8H;1-7H;2*1H;/q2*-1;;;+4/p-2. The zero-order valence-corrected chi connectivity index (χ0v) is 17.7. The molecule has 5 aromatic rings. The molecule has 0 N–H and O–H groups in total. The van der Waals surface area contributed by atoms with Gasteiger partial charge in [0.2, 0.25) is 0 Å². The molecular formula is C20H15Cl2N3Zr. The van der Waals surface area contributed by atoms with Crippen LogP contribution in [0.25, 0.3) is 27.2 Å². The summed E-state index contributed by atoms with van der Waals surface area (Å²) < 4.78 is 1.90. The Bertz CT molecular complexity index is 972. The van der Waals surface area contributed by atoms with Crippen molar-refractivity contribution in [2.24, 2.45) is 0 Å². The van der Waals surface area contributed by atoms with Crippen molar-refractivity contribution < 1.29 is 51.0 Å². The molecule has 0 saturated carbocycles. The third kappa shape index (κ3) is 4.91. The van der Waals surface area contributed by atoms with Crippen LogP contribution in [0.15, 0.2) is 91.5 Å². The molecule has 1 aromatic heterocycles. The second-order valence-corrected chi connectivity index (χ2v) is 5.37. The van der Waals surface area contributed by atoms with Gasteiger partial charge in [0.05, 0.1) is 0 Å². The van der Waals surface area contributed by atoms with Crippen LogP contribution in [0.5, 0.6) is 0 Å². The molecule has 0 atom stereocenters. The summed E-state index contributed by atoms with van der Waals surface area (Å²) in [4.78, 5) is 0. The van der Waals surface area contributed by atoms with Crippen LogP contribution in [0.2, 0.25) is 0 Å². The van der Waals surface area contributed by atoms with E-state index in [9.17, 15) is 0 Å². The molecule has 0 unspecified atom stereocenters. The Morgan fingerprint density at radius 2 is 1.35 bits per heavy atom. The Morgan fingerprint density at radius 3 is 2.00 bits per heavy atom. The van der Waals surface area contributed by atoms with Crippen molar-refractivity contribution in [1.29, 1.82) is 0 Å². The van der Waals surface area contributed by atoms with Crippen molar-refractivity contribution in [1.82, 2.24) is 14.8 Å². The maximum absolute atomic E-state index is 3.78. The summed E-state index contributed by atoms with van der Waals surface area (Å²) in [6, 6.07) is 27.2. The summed E-state index contributed by atoms with van der Waals surface area (Å²) >= 11 is 0. The molecule has 128 valence electrons. The van der Waals surface area contributed by atoms with Crippen molar-refractivity contribution in [2.45, 2.75) is 0 Å². The maximum Gasteiger partial charge on any atom is 4.00 e. The van der Waals surface area contributed by atoms with Gasteiger partial charge in [-0.05, 0) is 5.69 Å². The van der Waals surface area contributed by atoms with E-state index >= 15 is 0 Å². The molecule has 0 fully saturated rings. The van der Waals surface area contributed by atoms with Gasteiger partial charge >= 0.3 is 26.2 Å². The molecule has 4 aromatic carbocycles. The van der Waals surface area contributed by atoms with E-state index in [4.69, 9.17) is 0 Å². The molecule has 0 aliphatic rings. The molecule has 0 amide bonds. The number of fused-ring (bicyclic) bond motifs is 2. The quantitative estimate of drug-likeness (QED) is 0.292. The first-order valence-electron chi connectivity index (χ1n) is 7.51. The first kappa shape index (κ1) is 22.3. The van der Waals surface area contributed by atoms with Crippen molar-refractivity contribution in [2.75, 3.05) is 0 Å². The molecule has 0 bridgehead atoms. The molecule has 1 heterocycles. The second-order valence-electron chi connectivity index (χ2n) is 5.37. The number of benzene rings is 2. The van der Waals surface area contributed by atoms with Gasteiger partial charge in [-0.1, -0.05) is 12.1 Å². The largest absolute Gasteiger partial charge is 4.00 e. The summed E-state index contributed by atoms with van der Waals surface area (Å²) in [6.07, 6.45) is 3.41. The Hall–Kier alpha value is -1.74. The smallest absolute Gasteiger partial charge is 1.00 e. The van der Waals surface area contributed by atoms with Crippen LogP contribution >= 0.6 is 0 Å². The van der Waals surface area contributed by atoms with E-state index in [1.54, 1.807) is 12.7 Å². The minimum atomic E-state index is 0. The van der Waals surface area contributed by atoms with E-state index < -0.39 is 0 Å². The number of nitrogens with zero attached hydrogens (tertiary/aromatic N) is 3. The summed E-state index contributed by atoms with van der Waals surface area (Å²) in [7, 11) is 0. The zero-order chi connectivity index (χ0) is 15.5. The zero-order valence-electron chi connectivity index (χ0n) is 13.8. The molecule has 6 heteroatoms. The fraction of sp³-hybridized carbons (Fsp3) is 0. The van der Waals surface area contributed by atoms with Crippen LogP contribution in [0, 0.1) is 0 Å². The summed E-state index contributed by atoms with van der Waals surface area (Å²) in [6.45, 7) is 0. The number of halogens is 2. The molecule has 0 radical (unpaired) electrons. The van der Waals surface area contributed by atoms with Gasteiger partial charge in [0, 0.05) is 0 Å². The van der Waals surface area contributed by atoms with Gasteiger partial charge in [-0.2, -0.15) is 17.5 Å². The van der Waals surface area contributed by atoms with Gasteiger partial charge in [0.25, 0.3) is 0 Å². The Labute approximate surface area is 183 Å². The molecule has 26 heavy (non-hydrogen) atoms. The van der Waals surface area contributed by atoms with Crippen molar-refractivity contribution in [3.05, 3.63) is 91.5 Å². The first-order chi connectivity index (χ1) is 11.4. The number of aromatic nitrogens is 3. The molecule has 0 saturated heterocycles. The number of hydrogen-bond acceptors (Lipinski definition) is 2. The minimum Gasteiger partial charge on any atom is -1.00 e. The maximum atomic E-state index is 3.78. The molecule has 0 spiro atoms. The fourth-order valence-corrected chi connectivity index (χ4v) is 2.69. The minimum absolute atomic E-state index is 0. The topological polar surface area (TPSA) is 30.7 Å². The van der Waals surface area contributed by atoms with Crippen LogP contribution in [0.3, 0.4) is 0 Å². The first-order valence-corrected chi connectivity index (χ1v) is 7.51. The van der Waals surface area contributed by atoms with Crippen LogP contribution < -0.4 is 24.8 Å². The van der Waals surface area contributed by atoms with Crippen molar-refractivity contribution in [3.63, 3.8) is 0 Å². The van der Waals surface area contributed by atoms with E-state index in [0.717, 1.165) is 5.69 Å². The van der Waals surface area contributed by atoms with E-state index in [1.807, 2.05) is 16.7 Å². The van der Waals surface area contributed by atoms with Crippen LogP contribution in [0.1, 0.15) is 0 Å². The van der Waals surface area contributed by atoms with Crippen molar-refractivity contribution in [3.8, 4) is 5.69 Å². The van der Waals surface area contributed by atoms with E-state index in [1.165, 1.54) is 21.5 Å². The van der Waals surface area contributed by atoms with Gasteiger partial charge in [0.1, 0.15) is 12.7 Å². The number of rotatable bonds is 1. The molecular weight excluding hydrogens is 444 g/mol. The SMILES string of the molecule is [Cl-].[Cl-].[Zr+4].c1ccc2[cH-]c(-n3cnnc3)cc2c1.c1ccc2[cH-]ccc2c1. The summed E-state index contributed by atoms with van der Waals surface area (Å²) in [5.41, 5.74) is 1.11. The predicted octanol–water partition coefficient (Wildman–Crippen LogP) is -1.30. The predicted molar refractivity (Wildman–Crippen MR) is 94.0 cm³/mol. The third-order valence-electron chi connectivity index (χ3n) is 3.87. The van der Waals surface area contributed by atoms with Gasteiger partial charge in [-0.25, -0.2) is 0 Å². The van der Waals surface area contributed by atoms with Crippen LogP contribution in [-0.2, 0) is 26.2 Å². The van der Waals surface area contributed by atoms with Crippen molar-refractivity contribution >= 4 is 21.5 Å². The van der Waals surface area contributed by atoms with E-state index in [0.29, 0.717) is 0 Å². The molecule has 0 aliphatic carbocycles. The summed E-state index contributed by atoms with van der Waals surface area (Å²) in [5.74, 6) is 0. The van der Waals surface area contributed by atoms with E-state index in [-0.39, 0.29) is 51.0 Å². The normalized spacial score (nSPS) is 9.38. The molecule has 5 rings (SSSR count). The van der Waals surface area contributed by atoms with Gasteiger partial charge < -0.3 is 29.4 Å². The summed E-state index contributed by atoms with van der Waals surface area (Å²) in [5, 5.41) is 12.7. The van der Waals surface area contributed by atoms with Gasteiger partial charge in [-0.15, -0.1) is 81.0 Å². The molecule has 3 nitrogen and oxygen atoms in total. The average molecular weight is 459 g/mol. The average Bonchev–Trinajstić information content (AvgIpc) is 3.33. The third-order valence-corrected chi connectivity index (χ3v) is 3.87. The monoisotopic (exact) mass is 457 g/mol. The Kier molecular flexibility index (Phi) is 8.94. The second kappa shape index (κ2) is 10.4. The van der Waals surface area contributed by atoms with Gasteiger partial charge in [-0.3, -0.25) is 0 Å². The van der Waals surface area contributed by atoms with E-state index in [2.05, 4.69) is 76.9 Å².